The molecule has 0 saturated heterocycles. The number of carbonyl (C=O) groups is 1. The van der Waals surface area contributed by atoms with Crippen molar-refractivity contribution in [2.75, 3.05) is 12.8 Å². The van der Waals surface area contributed by atoms with Crippen LogP contribution in [0.25, 0.3) is 0 Å². The maximum absolute atomic E-state index is 14.1. The monoisotopic (exact) mass is 429 g/mol. The van der Waals surface area contributed by atoms with Crippen LogP contribution in [0, 0.1) is 18.6 Å². The molecule has 1 aliphatic rings. The van der Waals surface area contributed by atoms with Gasteiger partial charge in [0, 0.05) is 11.3 Å². The molecule has 0 fully saturated rings. The minimum absolute atomic E-state index is 0.00340. The average Bonchev–Trinajstić information content (AvgIpc) is 3.03. The molecule has 31 heavy (non-hydrogen) atoms. The second-order valence-electron chi connectivity index (χ2n) is 7.02. The highest BCUT2D eigenvalue weighted by molar-refractivity contribution is 5.97. The maximum atomic E-state index is 14.1. The Labute approximate surface area is 176 Å². The Morgan fingerprint density at radius 3 is 2.58 bits per heavy atom. The summed E-state index contributed by atoms with van der Waals surface area (Å²) in [5.74, 6) is -0.517. The first-order valence-corrected chi connectivity index (χ1v) is 9.14. The first kappa shape index (κ1) is 21.8. The van der Waals surface area contributed by atoms with Crippen molar-refractivity contribution in [3.05, 3.63) is 64.9 Å². The van der Waals surface area contributed by atoms with E-state index >= 15 is 0 Å². The van der Waals surface area contributed by atoms with Gasteiger partial charge in [-0.1, -0.05) is 0 Å². The number of rotatable bonds is 3. The number of ether oxygens (including phenoxy) is 1. The summed E-state index contributed by atoms with van der Waals surface area (Å²) in [6.07, 6.45) is 3.38. The molecular formula is C20H21F2N7O2. The normalized spacial score (nSPS) is 17.1. The molecular weight excluding hydrogens is 408 g/mol. The fourth-order valence-electron chi connectivity index (χ4n) is 3.16. The topological polar surface area (TPSA) is 134 Å². The molecule has 0 amide bonds. The van der Waals surface area contributed by atoms with Gasteiger partial charge in [-0.3, -0.25) is 14.5 Å². The molecule has 11 heteroatoms. The van der Waals surface area contributed by atoms with E-state index in [-0.39, 0.29) is 23.8 Å². The van der Waals surface area contributed by atoms with Crippen molar-refractivity contribution in [1.82, 2.24) is 19.7 Å². The molecule has 0 spiro atoms. The number of nitrogens with zero attached hydrogens (tertiary/aromatic N) is 5. The molecule has 1 aromatic carbocycles. The molecule has 9 nitrogen and oxygen atoms in total. The number of nitrogen functional groups attached to an aromatic ring is 1. The van der Waals surface area contributed by atoms with Crippen molar-refractivity contribution in [2.24, 2.45) is 10.7 Å². The Kier molecular flexibility index (Phi) is 5.95. The number of fused-ring (bicyclic) bond motifs is 1. The first-order chi connectivity index (χ1) is 14.7. The number of amidine groups is 1. The summed E-state index contributed by atoms with van der Waals surface area (Å²) < 4.78 is 34.2. The predicted octanol–water partition coefficient (Wildman–Crippen LogP) is 1.98. The van der Waals surface area contributed by atoms with E-state index in [0.717, 1.165) is 0 Å². The fraction of sp³-hybridized carbons (Fsp3) is 0.250. The van der Waals surface area contributed by atoms with E-state index < -0.39 is 17.2 Å². The summed E-state index contributed by atoms with van der Waals surface area (Å²) in [6.45, 7) is 3.45. The number of nitrogens with two attached hydrogens (primary N) is 2. The zero-order chi connectivity index (χ0) is 22.8. The third kappa shape index (κ3) is 4.34. The summed E-state index contributed by atoms with van der Waals surface area (Å²) in [4.78, 5) is 21.8. The molecule has 162 valence electrons. The van der Waals surface area contributed by atoms with E-state index in [0.29, 0.717) is 29.1 Å². The summed E-state index contributed by atoms with van der Waals surface area (Å²) in [5.41, 5.74) is 12.0. The van der Waals surface area contributed by atoms with Gasteiger partial charge >= 0.3 is 0 Å². The predicted molar refractivity (Wildman–Crippen MR) is 110 cm³/mol. The molecule has 2 aromatic heterocycles. The molecule has 0 saturated carbocycles. The largest absolute Gasteiger partial charge is 0.480 e. The van der Waals surface area contributed by atoms with Crippen LogP contribution in [-0.4, -0.2) is 39.0 Å². The Morgan fingerprint density at radius 2 is 1.97 bits per heavy atom. The number of halogens is 2. The minimum atomic E-state index is -0.985. The minimum Gasteiger partial charge on any atom is -0.480 e. The summed E-state index contributed by atoms with van der Waals surface area (Å²) in [5, 5.41) is 4.10. The van der Waals surface area contributed by atoms with Crippen LogP contribution in [0.2, 0.25) is 0 Å². The van der Waals surface area contributed by atoms with Crippen molar-refractivity contribution >= 4 is 17.8 Å². The number of aliphatic imine (C=N–C) groups is 1. The highest BCUT2D eigenvalue weighted by Crippen LogP contribution is 2.34. The van der Waals surface area contributed by atoms with Crippen LogP contribution in [0.4, 0.5) is 14.5 Å². The summed E-state index contributed by atoms with van der Waals surface area (Å²) in [7, 11) is 1.49. The van der Waals surface area contributed by atoms with E-state index in [2.05, 4.69) is 20.1 Å². The van der Waals surface area contributed by atoms with Gasteiger partial charge in [0.2, 0.25) is 5.88 Å². The zero-order valence-electron chi connectivity index (χ0n) is 17.1. The van der Waals surface area contributed by atoms with Gasteiger partial charge in [-0.15, -0.1) is 0 Å². The van der Waals surface area contributed by atoms with Gasteiger partial charge in [0.1, 0.15) is 28.6 Å². The Morgan fingerprint density at radius 1 is 1.23 bits per heavy atom. The lowest BCUT2D eigenvalue weighted by Gasteiger charge is -2.31. The van der Waals surface area contributed by atoms with Crippen LogP contribution < -0.4 is 16.2 Å². The van der Waals surface area contributed by atoms with E-state index in [1.54, 1.807) is 13.8 Å². The number of aromatic nitrogens is 4. The van der Waals surface area contributed by atoms with Crippen LogP contribution in [0.1, 0.15) is 34.4 Å². The highest BCUT2D eigenvalue weighted by Gasteiger charge is 2.37. The third-order valence-corrected chi connectivity index (χ3v) is 4.67. The number of aryl methyl sites for hydroxylation is 1. The van der Waals surface area contributed by atoms with Crippen molar-refractivity contribution < 1.29 is 18.3 Å². The number of benzene rings is 1. The number of aldehydes is 1. The first-order valence-electron chi connectivity index (χ1n) is 9.14. The SMILES string of the molecule is COc1cnc(C=O)cn1.Cc1nn2c(c1F)C(N)=NC(C)(c1cc(N)ccc1F)C2. The van der Waals surface area contributed by atoms with Crippen LogP contribution in [-0.2, 0) is 12.1 Å². The number of hydrogen-bond donors (Lipinski definition) is 2. The van der Waals surface area contributed by atoms with Crippen molar-refractivity contribution in [2.45, 2.75) is 25.9 Å². The molecule has 3 heterocycles. The zero-order valence-corrected chi connectivity index (χ0v) is 17.1. The second kappa shape index (κ2) is 8.46. The lowest BCUT2D eigenvalue weighted by atomic mass is 9.90. The lowest BCUT2D eigenvalue weighted by Crippen LogP contribution is -2.38. The molecule has 4 rings (SSSR count). The van der Waals surface area contributed by atoms with Gasteiger partial charge in [0.15, 0.2) is 12.1 Å². The molecule has 1 atom stereocenters. The molecule has 0 radical (unpaired) electrons. The highest BCUT2D eigenvalue weighted by atomic mass is 19.1. The van der Waals surface area contributed by atoms with E-state index in [1.165, 1.54) is 42.4 Å². The van der Waals surface area contributed by atoms with Crippen molar-refractivity contribution in [3.63, 3.8) is 0 Å². The van der Waals surface area contributed by atoms with Crippen molar-refractivity contribution in [1.29, 1.82) is 0 Å². The number of carbonyl (C=O) groups excluding carboxylic acids is 1. The quantitative estimate of drug-likeness (QED) is 0.480. The van der Waals surface area contributed by atoms with Crippen LogP contribution in [0.5, 0.6) is 5.88 Å². The average molecular weight is 429 g/mol. The van der Waals surface area contributed by atoms with Crippen LogP contribution >= 0.6 is 0 Å². The molecule has 1 aliphatic heterocycles. The van der Waals surface area contributed by atoms with Crippen LogP contribution in [0.15, 0.2) is 35.6 Å². The maximum Gasteiger partial charge on any atom is 0.232 e. The summed E-state index contributed by atoms with van der Waals surface area (Å²) in [6, 6.07) is 4.27. The fourth-order valence-corrected chi connectivity index (χ4v) is 3.16. The number of anilines is 1. The van der Waals surface area contributed by atoms with Gasteiger partial charge < -0.3 is 16.2 Å². The van der Waals surface area contributed by atoms with E-state index in [9.17, 15) is 13.6 Å². The van der Waals surface area contributed by atoms with Crippen LogP contribution in [0.3, 0.4) is 0 Å². The van der Waals surface area contributed by atoms with Gasteiger partial charge in [-0.25, -0.2) is 18.7 Å². The van der Waals surface area contributed by atoms with Gasteiger partial charge in [0.05, 0.1) is 31.7 Å². The molecule has 1 unspecified atom stereocenters. The Hall–Kier alpha value is -3.89. The smallest absolute Gasteiger partial charge is 0.232 e. The van der Waals surface area contributed by atoms with Crippen molar-refractivity contribution in [3.8, 4) is 5.88 Å². The molecule has 4 N–H and O–H groups in total. The summed E-state index contributed by atoms with van der Waals surface area (Å²) >= 11 is 0. The number of methoxy groups -OCH3 is 1. The molecule has 3 aromatic rings. The Bertz CT molecular complexity index is 1150. The van der Waals surface area contributed by atoms with Gasteiger partial charge in [-0.05, 0) is 32.0 Å². The van der Waals surface area contributed by atoms with Gasteiger partial charge in [0.25, 0.3) is 0 Å². The van der Waals surface area contributed by atoms with E-state index in [4.69, 9.17) is 16.2 Å². The molecule has 0 aliphatic carbocycles. The Balaban J connectivity index is 0.000000229. The molecule has 0 bridgehead atoms. The second-order valence-corrected chi connectivity index (χ2v) is 7.02. The van der Waals surface area contributed by atoms with Gasteiger partial charge in [-0.2, -0.15) is 5.10 Å². The van der Waals surface area contributed by atoms with E-state index in [1.807, 2.05) is 0 Å². The lowest BCUT2D eigenvalue weighted by molar-refractivity contribution is 0.111. The number of hydrogen-bond acceptors (Lipinski definition) is 8. The third-order valence-electron chi connectivity index (χ3n) is 4.67. The standard InChI is InChI=1S/C14H15F2N5.C6H6N2O2/c1-7-11(16)12-13(18)19-14(2,6-21(12)20-7)9-5-8(17)3-4-10(9)15;1-10-6-3-7-5(4-9)2-8-6/h3-5H,6,17H2,1-2H3,(H2,18,19);2-4H,1H3.